The van der Waals surface area contributed by atoms with Crippen molar-refractivity contribution in [2.45, 2.75) is 23.8 Å². The molecular weight excluding hydrogens is 331 g/mol. The maximum atomic E-state index is 11.6. The Balaban J connectivity index is 2.42. The second-order valence-electron chi connectivity index (χ2n) is 3.83. The molecule has 0 radical (unpaired) electrons. The lowest BCUT2D eigenvalue weighted by Gasteiger charge is -2.16. The van der Waals surface area contributed by atoms with Crippen molar-refractivity contribution >= 4 is 27.5 Å². The Labute approximate surface area is 114 Å². The van der Waals surface area contributed by atoms with Crippen LogP contribution >= 0.6 is 27.5 Å². The lowest BCUT2D eigenvalue weighted by Crippen LogP contribution is -2.36. The molecule has 9 heteroatoms. The molecule has 0 unspecified atom stereocenters. The maximum Gasteiger partial charge on any atom is 0.330 e. The summed E-state index contributed by atoms with van der Waals surface area (Å²) in [6.45, 7) is -0.417. The first-order valence-electron chi connectivity index (χ1n) is 5.05. The van der Waals surface area contributed by atoms with Crippen molar-refractivity contribution in [1.82, 2.24) is 9.55 Å². The molecule has 0 saturated carbocycles. The first-order chi connectivity index (χ1) is 8.45. The lowest BCUT2D eigenvalue weighted by atomic mass is 10.2. The number of aromatic nitrogens is 2. The van der Waals surface area contributed by atoms with Gasteiger partial charge < -0.3 is 14.9 Å². The number of aromatic amines is 1. The van der Waals surface area contributed by atoms with E-state index in [0.717, 1.165) is 4.57 Å². The predicted molar refractivity (Wildman–Crippen MR) is 65.7 cm³/mol. The van der Waals surface area contributed by atoms with Crippen molar-refractivity contribution < 1.29 is 14.9 Å². The highest BCUT2D eigenvalue weighted by atomic mass is 79.9. The van der Waals surface area contributed by atoms with E-state index in [1.807, 2.05) is 0 Å². The average molecular weight is 342 g/mol. The van der Waals surface area contributed by atoms with Crippen molar-refractivity contribution in [3.05, 3.63) is 31.5 Å². The van der Waals surface area contributed by atoms with Crippen LogP contribution in [0.25, 0.3) is 0 Å². The number of ether oxygens (including phenoxy) is 1. The van der Waals surface area contributed by atoms with E-state index in [1.165, 1.54) is 6.20 Å². The molecule has 1 saturated heterocycles. The van der Waals surface area contributed by atoms with Gasteiger partial charge in [0, 0.05) is 6.20 Å². The molecule has 1 aromatic rings. The topological polar surface area (TPSA) is 105 Å². The second kappa shape index (κ2) is 5.14. The summed E-state index contributed by atoms with van der Waals surface area (Å²) in [5, 5.41) is 17.8. The van der Waals surface area contributed by atoms with Gasteiger partial charge in [-0.25, -0.2) is 4.79 Å². The lowest BCUT2D eigenvalue weighted by molar-refractivity contribution is -0.0458. The van der Waals surface area contributed by atoms with Gasteiger partial charge in [0.05, 0.1) is 11.1 Å². The number of aliphatic hydroxyl groups excluding tert-OH is 2. The van der Waals surface area contributed by atoms with Crippen molar-refractivity contribution in [2.24, 2.45) is 0 Å². The Morgan fingerprint density at radius 1 is 1.56 bits per heavy atom. The van der Waals surface area contributed by atoms with Crippen LogP contribution in [0.1, 0.15) is 6.23 Å². The van der Waals surface area contributed by atoms with Gasteiger partial charge in [0.1, 0.15) is 17.6 Å². The van der Waals surface area contributed by atoms with Crippen molar-refractivity contribution in [1.29, 1.82) is 0 Å². The molecule has 4 atom stereocenters. The highest BCUT2D eigenvalue weighted by molar-refractivity contribution is 9.10. The quantitative estimate of drug-likeness (QED) is 0.608. The first-order valence-corrected chi connectivity index (χ1v) is 6.28. The van der Waals surface area contributed by atoms with Gasteiger partial charge in [-0.2, -0.15) is 0 Å². The van der Waals surface area contributed by atoms with Gasteiger partial charge in [0.25, 0.3) is 5.56 Å². The van der Waals surface area contributed by atoms with Crippen molar-refractivity contribution in [2.75, 3.05) is 6.61 Å². The molecule has 1 aliphatic heterocycles. The molecule has 0 bridgehead atoms. The zero-order valence-electron chi connectivity index (χ0n) is 8.92. The van der Waals surface area contributed by atoms with Gasteiger partial charge in [-0.15, -0.1) is 11.6 Å². The number of hydrogen-bond donors (Lipinski definition) is 3. The van der Waals surface area contributed by atoms with Crippen LogP contribution in [0, 0.1) is 0 Å². The van der Waals surface area contributed by atoms with E-state index in [-0.39, 0.29) is 4.47 Å². The zero-order valence-corrected chi connectivity index (χ0v) is 11.3. The molecule has 1 aromatic heterocycles. The number of rotatable bonds is 2. The number of nitrogens with one attached hydrogen (secondary N) is 1. The number of halogens is 2. The van der Waals surface area contributed by atoms with Gasteiger partial charge >= 0.3 is 5.69 Å². The summed E-state index contributed by atoms with van der Waals surface area (Å²) in [6, 6.07) is 0. The summed E-state index contributed by atoms with van der Waals surface area (Å²) in [6.07, 6.45) is -1.69. The summed E-state index contributed by atoms with van der Waals surface area (Å²) >= 11 is 8.93. The third-order valence-electron chi connectivity index (χ3n) is 2.67. The fourth-order valence-corrected chi connectivity index (χ4v) is 2.39. The molecule has 100 valence electrons. The number of alkyl halides is 1. The van der Waals surface area contributed by atoms with E-state index in [0.29, 0.717) is 0 Å². The Hall–Kier alpha value is -0.670. The summed E-state index contributed by atoms with van der Waals surface area (Å²) in [7, 11) is 0. The third kappa shape index (κ3) is 2.26. The van der Waals surface area contributed by atoms with Gasteiger partial charge in [-0.3, -0.25) is 14.3 Å². The van der Waals surface area contributed by atoms with E-state index < -0.39 is 41.7 Å². The van der Waals surface area contributed by atoms with E-state index in [4.69, 9.17) is 21.4 Å². The molecule has 2 heterocycles. The highest BCUT2D eigenvalue weighted by Gasteiger charge is 2.43. The monoisotopic (exact) mass is 340 g/mol. The minimum Gasteiger partial charge on any atom is -0.394 e. The van der Waals surface area contributed by atoms with Crippen LogP contribution in [0.15, 0.2) is 20.3 Å². The Morgan fingerprint density at radius 2 is 2.22 bits per heavy atom. The van der Waals surface area contributed by atoms with Crippen molar-refractivity contribution in [3.63, 3.8) is 0 Å². The van der Waals surface area contributed by atoms with Crippen LogP contribution in [0.5, 0.6) is 0 Å². The molecule has 0 amide bonds. The van der Waals surface area contributed by atoms with Crippen LogP contribution in [0.4, 0.5) is 0 Å². The van der Waals surface area contributed by atoms with E-state index in [1.54, 1.807) is 0 Å². The minimum absolute atomic E-state index is 0.136. The first kappa shape index (κ1) is 13.8. The zero-order chi connectivity index (χ0) is 13.4. The van der Waals surface area contributed by atoms with E-state index in [2.05, 4.69) is 20.9 Å². The van der Waals surface area contributed by atoms with Crippen LogP contribution in [-0.2, 0) is 4.74 Å². The predicted octanol–water partition coefficient (Wildman–Crippen LogP) is -0.843. The van der Waals surface area contributed by atoms with Gasteiger partial charge in [-0.1, -0.05) is 0 Å². The fraction of sp³-hybridized carbons (Fsp3) is 0.556. The largest absolute Gasteiger partial charge is 0.394 e. The van der Waals surface area contributed by atoms with Crippen LogP contribution < -0.4 is 11.2 Å². The van der Waals surface area contributed by atoms with Gasteiger partial charge in [0.15, 0.2) is 6.23 Å². The SMILES string of the molecule is O=c1[nH]c(=O)n([C@H]2O[C@@H](CO)[C@@H](O)[C@@H]2Cl)cc1Br. The normalized spacial score (nSPS) is 31.8. The summed E-state index contributed by atoms with van der Waals surface area (Å²) < 4.78 is 6.48. The van der Waals surface area contributed by atoms with Crippen LogP contribution in [-0.4, -0.2) is 44.0 Å². The number of H-pyrrole nitrogens is 1. The average Bonchev–Trinajstić information content (AvgIpc) is 2.61. The second-order valence-corrected chi connectivity index (χ2v) is 5.18. The third-order valence-corrected chi connectivity index (χ3v) is 3.71. The minimum atomic E-state index is -1.10. The smallest absolute Gasteiger partial charge is 0.330 e. The Bertz CT molecular complexity index is 559. The van der Waals surface area contributed by atoms with E-state index >= 15 is 0 Å². The van der Waals surface area contributed by atoms with Crippen LogP contribution in [0.2, 0.25) is 0 Å². The highest BCUT2D eigenvalue weighted by Crippen LogP contribution is 2.32. The molecule has 3 N–H and O–H groups in total. The molecular formula is C9H10BrClN2O5. The summed E-state index contributed by atoms with van der Waals surface area (Å²) in [5.41, 5.74) is -1.27. The molecule has 1 aliphatic rings. The number of nitrogens with zero attached hydrogens (tertiary/aromatic N) is 1. The summed E-state index contributed by atoms with van der Waals surface area (Å²) in [5.74, 6) is 0. The Kier molecular flexibility index (Phi) is 3.93. The number of aliphatic hydroxyl groups is 2. The molecule has 0 aromatic carbocycles. The van der Waals surface area contributed by atoms with Crippen molar-refractivity contribution in [3.8, 4) is 0 Å². The van der Waals surface area contributed by atoms with Gasteiger partial charge in [-0.05, 0) is 15.9 Å². The molecule has 18 heavy (non-hydrogen) atoms. The molecule has 0 spiro atoms. The molecule has 1 fully saturated rings. The maximum absolute atomic E-state index is 11.6. The number of hydrogen-bond acceptors (Lipinski definition) is 5. The molecule has 0 aliphatic carbocycles. The van der Waals surface area contributed by atoms with Crippen LogP contribution in [0.3, 0.4) is 0 Å². The Morgan fingerprint density at radius 3 is 2.78 bits per heavy atom. The molecule has 7 nitrogen and oxygen atoms in total. The molecule has 2 rings (SSSR count). The van der Waals surface area contributed by atoms with Gasteiger partial charge in [0.2, 0.25) is 0 Å². The standard InChI is InChI=1S/C9H10BrClN2O5/c10-3-1-13(9(17)12-7(3)16)8-5(11)6(15)4(2-14)18-8/h1,4-6,8,14-15H,2H2,(H,12,16,17)/t4-,5-,6+,8-/m0/s1. The van der Waals surface area contributed by atoms with E-state index in [9.17, 15) is 14.7 Å². The fourth-order valence-electron chi connectivity index (χ4n) is 1.73. The summed E-state index contributed by atoms with van der Waals surface area (Å²) in [4.78, 5) is 24.9.